The van der Waals surface area contributed by atoms with Gasteiger partial charge in [-0.05, 0) is 29.5 Å². The summed E-state index contributed by atoms with van der Waals surface area (Å²) >= 11 is 0. The van der Waals surface area contributed by atoms with Crippen molar-refractivity contribution in [3.63, 3.8) is 0 Å². The molecular formula is C15H21N3. The quantitative estimate of drug-likeness (QED) is 0.897. The molecule has 0 radical (unpaired) electrons. The van der Waals surface area contributed by atoms with Gasteiger partial charge >= 0.3 is 0 Å². The zero-order valence-corrected chi connectivity index (χ0v) is 11.3. The van der Waals surface area contributed by atoms with Crippen LogP contribution in [0.1, 0.15) is 42.6 Å². The van der Waals surface area contributed by atoms with Crippen molar-refractivity contribution >= 4 is 0 Å². The van der Waals surface area contributed by atoms with Gasteiger partial charge in [-0.1, -0.05) is 38.1 Å². The Bertz CT molecular complexity index is 497. The van der Waals surface area contributed by atoms with Gasteiger partial charge in [0, 0.05) is 13.2 Å². The molecule has 0 aliphatic rings. The van der Waals surface area contributed by atoms with Crippen LogP contribution >= 0.6 is 0 Å². The Labute approximate surface area is 109 Å². The minimum atomic E-state index is -0.0314. The maximum atomic E-state index is 6.16. The van der Waals surface area contributed by atoms with Crippen LogP contribution in [0.3, 0.4) is 0 Å². The van der Waals surface area contributed by atoms with Crippen molar-refractivity contribution in [1.82, 2.24) is 9.78 Å². The molecule has 1 unspecified atom stereocenters. The van der Waals surface area contributed by atoms with Gasteiger partial charge in [0.15, 0.2) is 0 Å². The number of aryl methyl sites for hydroxylation is 1. The Morgan fingerprint density at radius 1 is 1.17 bits per heavy atom. The molecule has 96 valence electrons. The van der Waals surface area contributed by atoms with Crippen molar-refractivity contribution in [1.29, 1.82) is 0 Å². The van der Waals surface area contributed by atoms with E-state index in [1.54, 1.807) is 4.68 Å². The Morgan fingerprint density at radius 3 is 2.33 bits per heavy atom. The van der Waals surface area contributed by atoms with Crippen molar-refractivity contribution in [3.8, 4) is 0 Å². The van der Waals surface area contributed by atoms with Crippen LogP contribution in [-0.2, 0) is 13.5 Å². The van der Waals surface area contributed by atoms with Crippen LogP contribution in [0.5, 0.6) is 0 Å². The smallest absolute Gasteiger partial charge is 0.0795 e. The maximum Gasteiger partial charge on any atom is 0.0795 e. The monoisotopic (exact) mass is 243 g/mol. The lowest BCUT2D eigenvalue weighted by atomic mass is 9.98. The van der Waals surface area contributed by atoms with Crippen molar-refractivity contribution < 1.29 is 0 Å². The highest BCUT2D eigenvalue weighted by Crippen LogP contribution is 2.18. The molecular weight excluding hydrogens is 222 g/mol. The Morgan fingerprint density at radius 2 is 1.83 bits per heavy atom. The van der Waals surface area contributed by atoms with E-state index in [0.717, 1.165) is 12.1 Å². The molecule has 3 heteroatoms. The molecule has 1 heterocycles. The molecule has 0 aliphatic heterocycles. The largest absolute Gasteiger partial charge is 0.322 e. The van der Waals surface area contributed by atoms with Crippen LogP contribution in [0, 0.1) is 0 Å². The van der Waals surface area contributed by atoms with Crippen molar-refractivity contribution in [2.24, 2.45) is 12.8 Å². The predicted octanol–water partition coefficient (Wildman–Crippen LogP) is 2.79. The van der Waals surface area contributed by atoms with Crippen LogP contribution in [0.4, 0.5) is 0 Å². The van der Waals surface area contributed by atoms with Crippen molar-refractivity contribution in [2.75, 3.05) is 0 Å². The van der Waals surface area contributed by atoms with Gasteiger partial charge in [-0.15, -0.1) is 0 Å². The first-order chi connectivity index (χ1) is 8.56. The minimum Gasteiger partial charge on any atom is -0.322 e. The molecule has 18 heavy (non-hydrogen) atoms. The maximum absolute atomic E-state index is 6.16. The fourth-order valence-corrected chi connectivity index (χ4v) is 2.03. The van der Waals surface area contributed by atoms with E-state index in [1.165, 1.54) is 11.1 Å². The van der Waals surface area contributed by atoms with Gasteiger partial charge in [0.05, 0.1) is 11.7 Å². The summed E-state index contributed by atoms with van der Waals surface area (Å²) in [4.78, 5) is 0. The summed E-state index contributed by atoms with van der Waals surface area (Å²) in [7, 11) is 1.91. The highest BCUT2D eigenvalue weighted by Gasteiger charge is 2.10. The second kappa shape index (κ2) is 5.36. The summed E-state index contributed by atoms with van der Waals surface area (Å²) in [6.45, 7) is 4.41. The molecule has 1 atom stereocenters. The van der Waals surface area contributed by atoms with E-state index in [9.17, 15) is 0 Å². The lowest BCUT2D eigenvalue weighted by molar-refractivity contribution is 0.657. The summed E-state index contributed by atoms with van der Waals surface area (Å²) < 4.78 is 1.79. The summed E-state index contributed by atoms with van der Waals surface area (Å²) in [6.07, 6.45) is 2.76. The third kappa shape index (κ3) is 2.99. The molecule has 0 saturated carbocycles. The van der Waals surface area contributed by atoms with Crippen LogP contribution in [-0.4, -0.2) is 9.78 Å². The van der Waals surface area contributed by atoms with Gasteiger partial charge < -0.3 is 5.73 Å². The van der Waals surface area contributed by atoms with Crippen LogP contribution < -0.4 is 5.73 Å². The average Bonchev–Trinajstić information content (AvgIpc) is 2.76. The molecule has 2 rings (SSSR count). The second-order valence-corrected chi connectivity index (χ2v) is 5.12. The molecule has 1 aromatic heterocycles. The summed E-state index contributed by atoms with van der Waals surface area (Å²) in [5.41, 5.74) is 9.74. The van der Waals surface area contributed by atoms with E-state index >= 15 is 0 Å². The Kier molecular flexibility index (Phi) is 3.82. The van der Waals surface area contributed by atoms with E-state index in [1.807, 2.05) is 19.3 Å². The molecule has 0 bridgehead atoms. The number of nitrogens with zero attached hydrogens (tertiary/aromatic N) is 2. The lowest BCUT2D eigenvalue weighted by Gasteiger charge is -2.10. The van der Waals surface area contributed by atoms with Crippen molar-refractivity contribution in [3.05, 3.63) is 53.3 Å². The summed E-state index contributed by atoms with van der Waals surface area (Å²) in [5, 5.41) is 4.34. The van der Waals surface area contributed by atoms with Gasteiger partial charge in [0.2, 0.25) is 0 Å². The highest BCUT2D eigenvalue weighted by atomic mass is 15.3. The van der Waals surface area contributed by atoms with E-state index in [2.05, 4.69) is 43.2 Å². The third-order valence-electron chi connectivity index (χ3n) is 3.22. The standard InChI is InChI=1S/C15H21N3/c1-11(2)13-6-4-12(5-7-13)10-14(16)15-8-9-18(3)17-15/h4-9,11,14H,10,16H2,1-3H3. The van der Waals surface area contributed by atoms with Gasteiger partial charge in [-0.3, -0.25) is 4.68 Å². The summed E-state index contributed by atoms with van der Waals surface area (Å²) in [5.74, 6) is 0.573. The molecule has 0 amide bonds. The van der Waals surface area contributed by atoms with Gasteiger partial charge in [-0.25, -0.2) is 0 Å². The molecule has 0 saturated heterocycles. The van der Waals surface area contributed by atoms with Crippen LogP contribution in [0.2, 0.25) is 0 Å². The van der Waals surface area contributed by atoms with Gasteiger partial charge in [0.25, 0.3) is 0 Å². The topological polar surface area (TPSA) is 43.8 Å². The molecule has 2 N–H and O–H groups in total. The number of benzene rings is 1. The van der Waals surface area contributed by atoms with E-state index in [0.29, 0.717) is 5.92 Å². The van der Waals surface area contributed by atoms with E-state index in [-0.39, 0.29) is 6.04 Å². The first-order valence-corrected chi connectivity index (χ1v) is 6.40. The molecule has 0 aliphatic carbocycles. The lowest BCUT2D eigenvalue weighted by Crippen LogP contribution is -2.14. The fraction of sp³-hybridized carbons (Fsp3) is 0.400. The molecule has 3 nitrogen and oxygen atoms in total. The third-order valence-corrected chi connectivity index (χ3v) is 3.22. The second-order valence-electron chi connectivity index (χ2n) is 5.12. The summed E-state index contributed by atoms with van der Waals surface area (Å²) in [6, 6.07) is 10.6. The molecule has 1 aromatic carbocycles. The van der Waals surface area contributed by atoms with Crippen molar-refractivity contribution in [2.45, 2.75) is 32.2 Å². The van der Waals surface area contributed by atoms with E-state index in [4.69, 9.17) is 5.73 Å². The van der Waals surface area contributed by atoms with Crippen LogP contribution in [0.25, 0.3) is 0 Å². The molecule has 0 spiro atoms. The first-order valence-electron chi connectivity index (χ1n) is 6.40. The number of hydrogen-bond donors (Lipinski definition) is 1. The normalized spacial score (nSPS) is 12.9. The Hall–Kier alpha value is -1.61. The SMILES string of the molecule is CC(C)c1ccc(CC(N)c2ccn(C)n2)cc1. The predicted molar refractivity (Wildman–Crippen MR) is 74.4 cm³/mol. The number of hydrogen-bond acceptors (Lipinski definition) is 2. The molecule has 2 aromatic rings. The minimum absolute atomic E-state index is 0.0314. The highest BCUT2D eigenvalue weighted by molar-refractivity contribution is 5.26. The number of nitrogens with two attached hydrogens (primary N) is 1. The first kappa shape index (κ1) is 12.8. The van der Waals surface area contributed by atoms with Gasteiger partial charge in [0.1, 0.15) is 0 Å². The van der Waals surface area contributed by atoms with Crippen LogP contribution in [0.15, 0.2) is 36.5 Å². The van der Waals surface area contributed by atoms with Gasteiger partial charge in [-0.2, -0.15) is 5.10 Å². The fourth-order valence-electron chi connectivity index (χ4n) is 2.03. The zero-order chi connectivity index (χ0) is 13.1. The van der Waals surface area contributed by atoms with E-state index < -0.39 is 0 Å². The average molecular weight is 243 g/mol. The number of rotatable bonds is 4. The zero-order valence-electron chi connectivity index (χ0n) is 11.3. The Balaban J connectivity index is 2.05. The number of aromatic nitrogens is 2. The molecule has 0 fully saturated rings.